The summed E-state index contributed by atoms with van der Waals surface area (Å²) in [4.78, 5) is 45.2. The number of carbonyl (C=O) groups is 1. The highest BCUT2D eigenvalue weighted by atomic mass is 32.1. The van der Waals surface area contributed by atoms with Crippen molar-refractivity contribution in [3.05, 3.63) is 82.8 Å². The van der Waals surface area contributed by atoms with Gasteiger partial charge in [-0.3, -0.25) is 18.9 Å². The van der Waals surface area contributed by atoms with Gasteiger partial charge in [-0.1, -0.05) is 23.5 Å². The van der Waals surface area contributed by atoms with Gasteiger partial charge in [0.1, 0.15) is 35.1 Å². The number of carbonyl (C=O) groups excluding carboxylic acids is 1. The van der Waals surface area contributed by atoms with Crippen molar-refractivity contribution in [3.8, 4) is 21.7 Å². The van der Waals surface area contributed by atoms with Gasteiger partial charge in [-0.25, -0.2) is 33.4 Å². The Bertz CT molecular complexity index is 2050. The van der Waals surface area contributed by atoms with Crippen LogP contribution in [0, 0.1) is 11.6 Å². The Morgan fingerprint density at radius 2 is 1.93 bits per heavy atom. The van der Waals surface area contributed by atoms with Gasteiger partial charge in [0.05, 0.1) is 27.6 Å². The van der Waals surface area contributed by atoms with Crippen LogP contribution < -0.4 is 16.2 Å². The zero-order chi connectivity index (χ0) is 29.0. The molecule has 0 aliphatic carbocycles. The molecule has 0 fully saturated rings. The number of pyridine rings is 1. The molecule has 14 heteroatoms. The summed E-state index contributed by atoms with van der Waals surface area (Å²) in [5.41, 5.74) is 7.31. The molecule has 1 amide bonds. The molecule has 1 unspecified atom stereocenters. The van der Waals surface area contributed by atoms with E-state index in [2.05, 4.69) is 15.0 Å². The smallest absolute Gasteiger partial charge is 0.266 e. The number of hydrogen-bond donors (Lipinski definition) is 1. The van der Waals surface area contributed by atoms with Gasteiger partial charge in [-0.2, -0.15) is 5.10 Å². The molecule has 5 heterocycles. The summed E-state index contributed by atoms with van der Waals surface area (Å²) in [5, 5.41) is 5.72. The lowest BCUT2D eigenvalue weighted by atomic mass is 10.0. The highest BCUT2D eigenvalue weighted by Gasteiger charge is 2.27. The third-order valence-electron chi connectivity index (χ3n) is 6.69. The fourth-order valence-electron chi connectivity index (χ4n) is 4.57. The van der Waals surface area contributed by atoms with E-state index in [0.717, 1.165) is 10.6 Å². The van der Waals surface area contributed by atoms with E-state index >= 15 is 0 Å². The summed E-state index contributed by atoms with van der Waals surface area (Å²) >= 11 is 1.23. The molecule has 0 aliphatic rings. The number of halogens is 2. The van der Waals surface area contributed by atoms with Crippen LogP contribution in [0.5, 0.6) is 0 Å². The molecule has 0 saturated carbocycles. The number of anilines is 2. The van der Waals surface area contributed by atoms with Gasteiger partial charge in [0.2, 0.25) is 5.91 Å². The largest absolute Gasteiger partial charge is 0.383 e. The second kappa shape index (κ2) is 9.82. The number of benzene rings is 1. The van der Waals surface area contributed by atoms with Gasteiger partial charge >= 0.3 is 0 Å². The number of nitrogen functional groups attached to an aromatic ring is 1. The van der Waals surface area contributed by atoms with Crippen molar-refractivity contribution in [1.82, 2.24) is 34.1 Å². The first-order valence-electron chi connectivity index (χ1n) is 12.3. The number of fused-ring (bicyclic) bond motifs is 2. The van der Waals surface area contributed by atoms with Crippen LogP contribution in [0.25, 0.3) is 38.4 Å². The quantitative estimate of drug-likeness (QED) is 0.326. The average Bonchev–Trinajstić information content (AvgIpc) is 3.58. The molecule has 1 atom stereocenters. The minimum absolute atomic E-state index is 0.0792. The Balaban J connectivity index is 1.60. The molecule has 0 saturated heterocycles. The minimum atomic E-state index is -0.728. The van der Waals surface area contributed by atoms with Gasteiger partial charge in [0.25, 0.3) is 5.56 Å². The highest BCUT2D eigenvalue weighted by Crippen LogP contribution is 2.38. The normalized spacial score (nSPS) is 12.2. The van der Waals surface area contributed by atoms with Crippen LogP contribution in [0.3, 0.4) is 0 Å². The third-order valence-corrected chi connectivity index (χ3v) is 7.78. The maximum absolute atomic E-state index is 14.3. The van der Waals surface area contributed by atoms with Crippen molar-refractivity contribution < 1.29 is 13.6 Å². The molecule has 0 aliphatic heterocycles. The lowest BCUT2D eigenvalue weighted by molar-refractivity contribution is -0.116. The van der Waals surface area contributed by atoms with Crippen LogP contribution >= 0.6 is 11.3 Å². The van der Waals surface area contributed by atoms with E-state index in [4.69, 9.17) is 15.8 Å². The Hall–Kier alpha value is -5.11. The second-order valence-electron chi connectivity index (χ2n) is 9.27. The van der Waals surface area contributed by atoms with Gasteiger partial charge in [0, 0.05) is 26.4 Å². The first-order valence-corrected chi connectivity index (χ1v) is 13.1. The second-order valence-corrected chi connectivity index (χ2v) is 10.3. The number of nitrogens with two attached hydrogens (primary N) is 1. The summed E-state index contributed by atoms with van der Waals surface area (Å²) in [7, 11) is 1.62. The molecule has 1 aromatic carbocycles. The van der Waals surface area contributed by atoms with Crippen LogP contribution in [0.15, 0.2) is 59.9 Å². The molecule has 41 heavy (non-hydrogen) atoms. The first kappa shape index (κ1) is 26.1. The van der Waals surface area contributed by atoms with E-state index < -0.39 is 23.2 Å². The monoisotopic (exact) mass is 573 g/mol. The molecule has 6 rings (SSSR count). The molecule has 5 aromatic heterocycles. The number of hydrogen-bond acceptors (Lipinski definition) is 9. The SMILES string of the molecule is CC(=O)N(C)c1ncc(-c2nn(C(C)c3nc4ccc(F)cn4c(=O)c3-c3cccc(F)c3)c3ncnc(N)c23)s1. The summed E-state index contributed by atoms with van der Waals surface area (Å²) < 4.78 is 31.0. The van der Waals surface area contributed by atoms with Gasteiger partial charge in [-0.15, -0.1) is 0 Å². The van der Waals surface area contributed by atoms with Crippen LogP contribution in [0.1, 0.15) is 25.6 Å². The Kier molecular flexibility index (Phi) is 6.26. The fourth-order valence-corrected chi connectivity index (χ4v) is 5.48. The number of amides is 1. The zero-order valence-corrected chi connectivity index (χ0v) is 22.7. The Labute approximate surface area is 234 Å². The Morgan fingerprint density at radius 3 is 2.68 bits per heavy atom. The molecular formula is C27H21F2N9O2S. The van der Waals surface area contributed by atoms with Gasteiger partial charge in [-0.05, 0) is 36.8 Å². The predicted molar refractivity (Wildman–Crippen MR) is 151 cm³/mol. The summed E-state index contributed by atoms with van der Waals surface area (Å²) in [6.45, 7) is 3.20. The first-order chi connectivity index (χ1) is 19.6. The van der Waals surface area contributed by atoms with Gasteiger partial charge < -0.3 is 5.73 Å². The standard InChI is InChI=1S/C27H21F2N9O2S/c1-13(22-20(15-5-4-6-16(28)9-15)26(40)37-11-17(29)7-8-19(37)34-22)38-25-21(24(30)32-12-33-25)23(35-38)18-10-31-27(41-18)36(3)14(2)39/h4-13H,1-3H3,(H2,30,32,33). The molecule has 11 nitrogen and oxygen atoms in total. The molecule has 6 aromatic rings. The molecule has 206 valence electrons. The van der Waals surface area contributed by atoms with Crippen LogP contribution in [0.2, 0.25) is 0 Å². The number of nitrogens with zero attached hydrogens (tertiary/aromatic N) is 8. The molecule has 0 spiro atoms. The third kappa shape index (κ3) is 4.37. The molecular weight excluding hydrogens is 552 g/mol. The van der Waals surface area contributed by atoms with Gasteiger partial charge in [0.15, 0.2) is 10.8 Å². The Morgan fingerprint density at radius 1 is 1.12 bits per heavy atom. The maximum Gasteiger partial charge on any atom is 0.266 e. The topological polar surface area (TPSA) is 137 Å². The average molecular weight is 574 g/mol. The fraction of sp³-hybridized carbons (Fsp3) is 0.148. The lowest BCUT2D eigenvalue weighted by Crippen LogP contribution is -2.23. The van der Waals surface area contributed by atoms with Crippen molar-refractivity contribution in [2.24, 2.45) is 0 Å². The molecule has 0 radical (unpaired) electrons. The lowest BCUT2D eigenvalue weighted by Gasteiger charge is -2.18. The van der Waals surface area contributed by atoms with E-state index in [1.807, 2.05) is 0 Å². The summed E-state index contributed by atoms with van der Waals surface area (Å²) in [6, 6.07) is 7.41. The van der Waals surface area contributed by atoms with Crippen molar-refractivity contribution >= 4 is 44.9 Å². The van der Waals surface area contributed by atoms with Crippen molar-refractivity contribution in [2.45, 2.75) is 19.9 Å². The van der Waals surface area contributed by atoms with E-state index in [0.29, 0.717) is 26.7 Å². The van der Waals surface area contributed by atoms with E-state index in [-0.39, 0.29) is 34.2 Å². The minimum Gasteiger partial charge on any atom is -0.383 e. The van der Waals surface area contributed by atoms with Crippen molar-refractivity contribution in [1.29, 1.82) is 0 Å². The van der Waals surface area contributed by atoms with Crippen LogP contribution in [-0.4, -0.2) is 47.1 Å². The molecule has 0 bridgehead atoms. The summed E-state index contributed by atoms with van der Waals surface area (Å²) in [6.07, 6.45) is 3.92. The number of rotatable bonds is 5. The van der Waals surface area contributed by atoms with Crippen molar-refractivity contribution in [2.75, 3.05) is 17.7 Å². The summed E-state index contributed by atoms with van der Waals surface area (Å²) in [5.74, 6) is -1.18. The molecule has 2 N–H and O–H groups in total. The van der Waals surface area contributed by atoms with E-state index in [9.17, 15) is 18.4 Å². The number of aromatic nitrogens is 7. The van der Waals surface area contributed by atoms with E-state index in [1.54, 1.807) is 30.9 Å². The van der Waals surface area contributed by atoms with Crippen LogP contribution in [0.4, 0.5) is 19.7 Å². The van der Waals surface area contributed by atoms with E-state index in [1.165, 1.54) is 59.8 Å². The van der Waals surface area contributed by atoms with Crippen LogP contribution in [-0.2, 0) is 4.79 Å². The highest BCUT2D eigenvalue weighted by molar-refractivity contribution is 7.19. The number of thiazole rings is 1. The van der Waals surface area contributed by atoms with Crippen molar-refractivity contribution in [3.63, 3.8) is 0 Å². The predicted octanol–water partition coefficient (Wildman–Crippen LogP) is 4.08. The maximum atomic E-state index is 14.3. The zero-order valence-electron chi connectivity index (χ0n) is 21.9.